The Hall–Kier alpha value is -2.94. The lowest BCUT2D eigenvalue weighted by Gasteiger charge is -2.11. The average molecular weight is 407 g/mol. The number of hydrogen-bond acceptors (Lipinski definition) is 4. The summed E-state index contributed by atoms with van der Waals surface area (Å²) in [6, 6.07) is 9.31. The number of hydrogen-bond donors (Lipinski definition) is 3. The van der Waals surface area contributed by atoms with Crippen LogP contribution in [0, 0.1) is 18.7 Å². The lowest BCUT2D eigenvalue weighted by Crippen LogP contribution is -2.42. The van der Waals surface area contributed by atoms with E-state index in [0.29, 0.717) is 5.56 Å². The molecule has 0 aliphatic carbocycles. The highest BCUT2D eigenvalue weighted by molar-refractivity contribution is 7.92. The molecule has 0 aliphatic rings. The fraction of sp³-hybridized carbons (Fsp3) is 0.263. The van der Waals surface area contributed by atoms with E-state index >= 15 is 0 Å². The van der Waals surface area contributed by atoms with Crippen molar-refractivity contribution in [1.82, 2.24) is 10.9 Å². The maximum Gasteiger partial charge on any atom is 0.269 e. The fourth-order valence-electron chi connectivity index (χ4n) is 2.30. The quantitative estimate of drug-likeness (QED) is 0.641. The van der Waals surface area contributed by atoms with Crippen LogP contribution < -0.4 is 15.6 Å². The molecule has 0 saturated heterocycles. The summed E-state index contributed by atoms with van der Waals surface area (Å²) in [7, 11) is -4.03. The predicted octanol–water partition coefficient (Wildman–Crippen LogP) is 2.74. The number of amides is 2. The van der Waals surface area contributed by atoms with Gasteiger partial charge in [0.05, 0.1) is 4.90 Å². The molecule has 0 spiro atoms. The van der Waals surface area contributed by atoms with Crippen LogP contribution in [0.4, 0.5) is 10.1 Å². The Morgan fingerprint density at radius 3 is 2.43 bits per heavy atom. The van der Waals surface area contributed by atoms with Gasteiger partial charge < -0.3 is 0 Å². The summed E-state index contributed by atoms with van der Waals surface area (Å²) in [4.78, 5) is 23.5. The molecule has 0 unspecified atom stereocenters. The second kappa shape index (κ2) is 8.83. The molecule has 28 heavy (non-hydrogen) atoms. The Balaban J connectivity index is 2.11. The van der Waals surface area contributed by atoms with Gasteiger partial charge in [-0.1, -0.05) is 26.0 Å². The molecular weight excluding hydrogens is 385 g/mol. The number of aryl methyl sites for hydroxylation is 1. The zero-order valence-corrected chi connectivity index (χ0v) is 16.6. The van der Waals surface area contributed by atoms with E-state index in [0.717, 1.165) is 6.07 Å². The van der Waals surface area contributed by atoms with Crippen molar-refractivity contribution in [3.8, 4) is 0 Å². The second-order valence-corrected chi connectivity index (χ2v) is 8.38. The molecule has 0 aromatic heterocycles. The molecule has 9 heteroatoms. The van der Waals surface area contributed by atoms with Crippen LogP contribution in [-0.2, 0) is 14.8 Å². The molecule has 0 fully saturated rings. The van der Waals surface area contributed by atoms with E-state index in [1.807, 2.05) is 13.8 Å². The number of carbonyl (C=O) groups is 2. The van der Waals surface area contributed by atoms with Crippen LogP contribution in [0.2, 0.25) is 0 Å². The minimum absolute atomic E-state index is 0.127. The van der Waals surface area contributed by atoms with Gasteiger partial charge in [0.2, 0.25) is 5.91 Å². The number of sulfonamides is 1. The lowest BCUT2D eigenvalue weighted by atomic mass is 10.1. The standard InChI is InChI=1S/C19H22FN3O4S/c1-12(2)9-18(24)21-22-19(25)14-5-4-6-15(10-14)23-28(26,27)16-8-7-13(3)17(20)11-16/h4-8,10-12,23H,9H2,1-3H3,(H,21,24)(H,22,25). The molecule has 0 bridgehead atoms. The van der Waals surface area contributed by atoms with E-state index in [-0.39, 0.29) is 34.4 Å². The minimum Gasteiger partial charge on any atom is -0.280 e. The van der Waals surface area contributed by atoms with Gasteiger partial charge >= 0.3 is 0 Å². The SMILES string of the molecule is Cc1ccc(S(=O)(=O)Nc2cccc(C(=O)NNC(=O)CC(C)C)c2)cc1F. The number of carbonyl (C=O) groups excluding carboxylic acids is 2. The Morgan fingerprint density at radius 2 is 1.79 bits per heavy atom. The van der Waals surface area contributed by atoms with Crippen molar-refractivity contribution in [2.75, 3.05) is 4.72 Å². The number of rotatable bonds is 6. The second-order valence-electron chi connectivity index (χ2n) is 6.70. The molecule has 3 N–H and O–H groups in total. The van der Waals surface area contributed by atoms with Crippen molar-refractivity contribution in [3.63, 3.8) is 0 Å². The van der Waals surface area contributed by atoms with E-state index in [1.54, 1.807) is 0 Å². The molecule has 150 valence electrons. The molecule has 2 amide bonds. The summed E-state index contributed by atoms with van der Waals surface area (Å²) in [5, 5.41) is 0. The van der Waals surface area contributed by atoms with Crippen molar-refractivity contribution >= 4 is 27.5 Å². The number of anilines is 1. The first-order chi connectivity index (χ1) is 13.1. The average Bonchev–Trinajstić information content (AvgIpc) is 2.61. The molecular formula is C19H22FN3O4S. The summed E-state index contributed by atoms with van der Waals surface area (Å²) in [5.74, 6) is -1.42. The molecule has 2 aromatic rings. The maximum atomic E-state index is 13.7. The number of halogens is 1. The molecule has 0 radical (unpaired) electrons. The minimum atomic E-state index is -4.03. The van der Waals surface area contributed by atoms with Crippen molar-refractivity contribution in [3.05, 3.63) is 59.4 Å². The monoisotopic (exact) mass is 407 g/mol. The summed E-state index contributed by atoms with van der Waals surface area (Å²) in [6.07, 6.45) is 0.257. The zero-order chi connectivity index (χ0) is 20.9. The summed E-state index contributed by atoms with van der Waals surface area (Å²) < 4.78 is 40.8. The van der Waals surface area contributed by atoms with E-state index in [2.05, 4.69) is 15.6 Å². The van der Waals surface area contributed by atoms with Gasteiger partial charge in [0, 0.05) is 17.7 Å². The van der Waals surface area contributed by atoms with Gasteiger partial charge in [-0.05, 0) is 48.7 Å². The van der Waals surface area contributed by atoms with Crippen molar-refractivity contribution in [2.24, 2.45) is 5.92 Å². The normalized spacial score (nSPS) is 11.2. The topological polar surface area (TPSA) is 104 Å². The number of benzene rings is 2. The largest absolute Gasteiger partial charge is 0.280 e. The van der Waals surface area contributed by atoms with Gasteiger partial charge in [-0.3, -0.25) is 25.2 Å². The third-order valence-electron chi connectivity index (χ3n) is 3.74. The highest BCUT2D eigenvalue weighted by atomic mass is 32.2. The van der Waals surface area contributed by atoms with Crippen LogP contribution in [0.1, 0.15) is 36.2 Å². The van der Waals surface area contributed by atoms with Gasteiger partial charge in [-0.15, -0.1) is 0 Å². The van der Waals surface area contributed by atoms with Gasteiger partial charge in [0.1, 0.15) is 5.82 Å². The van der Waals surface area contributed by atoms with Gasteiger partial charge in [-0.25, -0.2) is 12.8 Å². The summed E-state index contributed by atoms with van der Waals surface area (Å²) in [5.41, 5.74) is 5.17. The molecule has 0 saturated carbocycles. The third kappa shape index (κ3) is 5.78. The first kappa shape index (κ1) is 21.4. The Kier molecular flexibility index (Phi) is 6.74. The Labute approximate surface area is 163 Å². The van der Waals surface area contributed by atoms with E-state index < -0.39 is 21.7 Å². The lowest BCUT2D eigenvalue weighted by molar-refractivity contribution is -0.122. The van der Waals surface area contributed by atoms with Crippen LogP contribution >= 0.6 is 0 Å². The van der Waals surface area contributed by atoms with Crippen LogP contribution in [0.3, 0.4) is 0 Å². The van der Waals surface area contributed by atoms with Crippen LogP contribution in [0.5, 0.6) is 0 Å². The third-order valence-corrected chi connectivity index (χ3v) is 5.12. The van der Waals surface area contributed by atoms with E-state index in [4.69, 9.17) is 0 Å². The highest BCUT2D eigenvalue weighted by Gasteiger charge is 2.17. The van der Waals surface area contributed by atoms with Crippen molar-refractivity contribution < 1.29 is 22.4 Å². The first-order valence-corrected chi connectivity index (χ1v) is 10.0. The van der Waals surface area contributed by atoms with E-state index in [1.165, 1.54) is 43.3 Å². The summed E-state index contributed by atoms with van der Waals surface area (Å²) >= 11 is 0. The summed E-state index contributed by atoms with van der Waals surface area (Å²) in [6.45, 7) is 5.27. The Morgan fingerprint density at radius 1 is 1.07 bits per heavy atom. The van der Waals surface area contributed by atoms with Crippen LogP contribution in [0.15, 0.2) is 47.4 Å². The molecule has 7 nitrogen and oxygen atoms in total. The first-order valence-electron chi connectivity index (χ1n) is 8.56. The maximum absolute atomic E-state index is 13.7. The molecule has 2 aromatic carbocycles. The van der Waals surface area contributed by atoms with Crippen molar-refractivity contribution in [1.29, 1.82) is 0 Å². The molecule has 2 rings (SSSR count). The van der Waals surface area contributed by atoms with Crippen LogP contribution in [0.25, 0.3) is 0 Å². The molecule has 0 atom stereocenters. The van der Waals surface area contributed by atoms with Gasteiger partial charge in [-0.2, -0.15) is 0 Å². The van der Waals surface area contributed by atoms with Gasteiger partial charge in [0.25, 0.3) is 15.9 Å². The molecule has 0 heterocycles. The zero-order valence-electron chi connectivity index (χ0n) is 15.7. The smallest absolute Gasteiger partial charge is 0.269 e. The fourth-order valence-corrected chi connectivity index (χ4v) is 3.36. The number of hydrazine groups is 1. The number of nitrogens with one attached hydrogen (secondary N) is 3. The van der Waals surface area contributed by atoms with Crippen LogP contribution in [-0.4, -0.2) is 20.2 Å². The van der Waals surface area contributed by atoms with Crippen molar-refractivity contribution in [2.45, 2.75) is 32.1 Å². The predicted molar refractivity (Wildman–Crippen MR) is 103 cm³/mol. The van der Waals surface area contributed by atoms with E-state index in [9.17, 15) is 22.4 Å². The Bertz CT molecular complexity index is 990. The highest BCUT2D eigenvalue weighted by Crippen LogP contribution is 2.19. The van der Waals surface area contributed by atoms with Gasteiger partial charge in [0.15, 0.2) is 0 Å². The molecule has 0 aliphatic heterocycles.